The Morgan fingerprint density at radius 2 is 1.81 bits per heavy atom. The number of anilines is 2. The van der Waals surface area contributed by atoms with Crippen molar-refractivity contribution in [3.8, 4) is 11.3 Å². The molecule has 3 aromatic heterocycles. The molecule has 0 aliphatic carbocycles. The summed E-state index contributed by atoms with van der Waals surface area (Å²) in [5, 5.41) is 3.05. The molecule has 2 N–H and O–H groups in total. The molecule has 0 radical (unpaired) electrons. The van der Waals surface area contributed by atoms with Gasteiger partial charge in [0, 0.05) is 43.5 Å². The summed E-state index contributed by atoms with van der Waals surface area (Å²) < 4.78 is 63.9. The number of rotatable bonds is 9. The number of benzene rings is 1. The molecule has 5 rings (SSSR count). The molecule has 15 heteroatoms. The number of nitrogens with zero attached hydrogens (tertiary/aromatic N) is 7. The Hall–Kier alpha value is -3.63. The fourth-order valence-electron chi connectivity index (χ4n) is 5.74. The molecule has 0 unspecified atom stereocenters. The van der Waals surface area contributed by atoms with Gasteiger partial charge in [-0.3, -0.25) is 9.45 Å². The average Bonchev–Trinajstić information content (AvgIpc) is 3.30. The predicted octanol–water partition coefficient (Wildman–Crippen LogP) is 5.23. The molecule has 1 saturated heterocycles. The lowest BCUT2D eigenvalue weighted by Gasteiger charge is -2.42. The highest BCUT2D eigenvalue weighted by Crippen LogP contribution is 2.31. The SMILES string of the molecule is CS(=O)(=O)O.Cc1nc2c(F)cc(-c3nc(Nc4ccc(CN5CCO[C@@](C)(C[C@@H](C)N(C)C)C5)cn4)ncc3F)cc2n1C(C)C. The van der Waals surface area contributed by atoms with Gasteiger partial charge in [0.05, 0.1) is 30.2 Å². The highest BCUT2D eigenvalue weighted by molar-refractivity contribution is 7.85. The van der Waals surface area contributed by atoms with Gasteiger partial charge in [-0.1, -0.05) is 6.07 Å². The fourth-order valence-corrected chi connectivity index (χ4v) is 5.74. The number of pyridine rings is 1. The van der Waals surface area contributed by atoms with Gasteiger partial charge >= 0.3 is 0 Å². The minimum absolute atomic E-state index is 0.00182. The van der Waals surface area contributed by atoms with E-state index in [1.54, 1.807) is 6.07 Å². The number of hydrogen-bond acceptors (Lipinski definition) is 10. The maximum Gasteiger partial charge on any atom is 0.261 e. The van der Waals surface area contributed by atoms with Crippen LogP contribution in [-0.4, -0.2) is 99.0 Å². The van der Waals surface area contributed by atoms with Crippen LogP contribution in [0.4, 0.5) is 20.5 Å². The number of nitrogens with one attached hydrogen (secondary N) is 1. The monoisotopic (exact) mass is 674 g/mol. The Bertz CT molecular complexity index is 1790. The summed E-state index contributed by atoms with van der Waals surface area (Å²) in [4.78, 5) is 22.0. The van der Waals surface area contributed by atoms with Crippen LogP contribution >= 0.6 is 0 Å². The molecule has 256 valence electrons. The van der Waals surface area contributed by atoms with E-state index in [-0.39, 0.29) is 28.8 Å². The van der Waals surface area contributed by atoms with Crippen LogP contribution in [-0.2, 0) is 21.4 Å². The second kappa shape index (κ2) is 14.6. The second-order valence-corrected chi connectivity index (χ2v) is 14.2. The van der Waals surface area contributed by atoms with Gasteiger partial charge in [-0.25, -0.2) is 28.7 Å². The second-order valence-electron chi connectivity index (χ2n) is 12.8. The summed E-state index contributed by atoms with van der Waals surface area (Å²) in [6, 6.07) is 7.33. The van der Waals surface area contributed by atoms with Crippen molar-refractivity contribution in [1.29, 1.82) is 0 Å². The van der Waals surface area contributed by atoms with Gasteiger partial charge in [-0.2, -0.15) is 8.42 Å². The zero-order chi connectivity index (χ0) is 34.7. The van der Waals surface area contributed by atoms with E-state index in [2.05, 4.69) is 63.0 Å². The molecule has 0 saturated carbocycles. The number of imidazole rings is 1. The molecule has 0 spiro atoms. The van der Waals surface area contributed by atoms with Gasteiger partial charge in [-0.15, -0.1) is 0 Å². The Balaban J connectivity index is 0.000000930. The maximum absolute atomic E-state index is 15.0. The summed E-state index contributed by atoms with van der Waals surface area (Å²) >= 11 is 0. The molecule has 1 aliphatic heterocycles. The van der Waals surface area contributed by atoms with Crippen molar-refractivity contribution in [2.75, 3.05) is 45.4 Å². The first-order chi connectivity index (χ1) is 21.9. The van der Waals surface area contributed by atoms with Gasteiger partial charge in [0.1, 0.15) is 22.9 Å². The zero-order valence-electron chi connectivity index (χ0n) is 28.1. The Morgan fingerprint density at radius 3 is 2.43 bits per heavy atom. The van der Waals surface area contributed by atoms with E-state index in [4.69, 9.17) is 9.29 Å². The zero-order valence-corrected chi connectivity index (χ0v) is 28.9. The first-order valence-electron chi connectivity index (χ1n) is 15.3. The first-order valence-corrected chi connectivity index (χ1v) is 17.2. The number of aryl methyl sites for hydroxylation is 1. The number of morpholine rings is 1. The van der Waals surface area contributed by atoms with Gasteiger partial charge in [0.2, 0.25) is 5.95 Å². The van der Waals surface area contributed by atoms with Crippen LogP contribution in [0.25, 0.3) is 22.3 Å². The van der Waals surface area contributed by atoms with Crippen LogP contribution < -0.4 is 5.32 Å². The number of ether oxygens (including phenoxy) is 1. The highest BCUT2D eigenvalue weighted by Gasteiger charge is 2.34. The lowest BCUT2D eigenvalue weighted by atomic mass is 9.94. The van der Waals surface area contributed by atoms with Crippen molar-refractivity contribution in [2.24, 2.45) is 0 Å². The smallest absolute Gasteiger partial charge is 0.261 e. The largest absolute Gasteiger partial charge is 0.373 e. The molecule has 47 heavy (non-hydrogen) atoms. The third-order valence-electron chi connectivity index (χ3n) is 7.95. The van der Waals surface area contributed by atoms with Crippen LogP contribution in [0.5, 0.6) is 0 Å². The molecule has 4 heterocycles. The lowest BCUT2D eigenvalue weighted by molar-refractivity contribution is -0.111. The van der Waals surface area contributed by atoms with Crippen LogP contribution in [0.2, 0.25) is 0 Å². The van der Waals surface area contributed by atoms with E-state index in [0.29, 0.717) is 41.6 Å². The molecular weight excluding hydrogens is 630 g/mol. The number of fused-ring (bicyclic) bond motifs is 1. The Kier molecular flexibility index (Phi) is 11.3. The number of halogens is 2. The maximum atomic E-state index is 15.0. The minimum Gasteiger partial charge on any atom is -0.373 e. The van der Waals surface area contributed by atoms with E-state index in [0.717, 1.165) is 37.8 Å². The third kappa shape index (κ3) is 9.70. The molecule has 4 aromatic rings. The quantitative estimate of drug-likeness (QED) is 0.226. The Morgan fingerprint density at radius 1 is 1.11 bits per heavy atom. The van der Waals surface area contributed by atoms with E-state index in [1.165, 1.54) is 6.07 Å². The normalized spacial score (nSPS) is 18.0. The van der Waals surface area contributed by atoms with E-state index >= 15 is 4.39 Å². The van der Waals surface area contributed by atoms with Crippen molar-refractivity contribution in [3.05, 3.63) is 59.7 Å². The third-order valence-corrected chi connectivity index (χ3v) is 7.95. The average molecular weight is 675 g/mol. The topological polar surface area (TPSA) is 139 Å². The Labute approximate surface area is 275 Å². The van der Waals surface area contributed by atoms with Crippen molar-refractivity contribution in [1.82, 2.24) is 34.3 Å². The molecule has 2 atom stereocenters. The van der Waals surface area contributed by atoms with Crippen LogP contribution in [0.3, 0.4) is 0 Å². The number of aromatic nitrogens is 5. The van der Waals surface area contributed by atoms with Gasteiger partial charge < -0.3 is 19.5 Å². The lowest BCUT2D eigenvalue weighted by Crippen LogP contribution is -2.52. The van der Waals surface area contributed by atoms with Crippen molar-refractivity contribution in [2.45, 2.75) is 65.3 Å². The molecule has 12 nitrogen and oxygen atoms in total. The van der Waals surface area contributed by atoms with Crippen LogP contribution in [0, 0.1) is 18.6 Å². The predicted molar refractivity (Wildman–Crippen MR) is 178 cm³/mol. The molecule has 1 fully saturated rings. The first kappa shape index (κ1) is 36.2. The van der Waals surface area contributed by atoms with Gasteiger partial charge in [0.15, 0.2) is 11.6 Å². The molecule has 0 bridgehead atoms. The summed E-state index contributed by atoms with van der Waals surface area (Å²) in [5.41, 5.74) is 2.03. The molecule has 1 aromatic carbocycles. The van der Waals surface area contributed by atoms with Crippen LogP contribution in [0.1, 0.15) is 51.5 Å². The number of hydrogen-bond donors (Lipinski definition) is 2. The molecule has 1 aliphatic rings. The minimum atomic E-state index is -3.67. The molecular formula is C32H44F2N8O4S. The standard InChI is InChI=1S/C31H40F2N8O.CH4O3S/c1-19(2)41-21(4)36-29-24(32)12-23(13-26(29)41)28-25(33)16-35-30(38-28)37-27-9-8-22(15-34-27)17-40-10-11-42-31(5,18-40)14-20(3)39(6)7;1-5(2,3)4/h8-9,12-13,15-16,19-20H,10-11,14,17-18H2,1-7H3,(H,34,35,37,38);1H3,(H,2,3,4)/t20-,31+;/m1./s1. The van der Waals surface area contributed by atoms with Crippen molar-refractivity contribution in [3.63, 3.8) is 0 Å². The highest BCUT2D eigenvalue weighted by atomic mass is 32.2. The summed E-state index contributed by atoms with van der Waals surface area (Å²) in [6.07, 6.45) is 4.57. The van der Waals surface area contributed by atoms with E-state index in [9.17, 15) is 12.8 Å². The molecule has 0 amide bonds. The summed E-state index contributed by atoms with van der Waals surface area (Å²) in [5.74, 6) is 0.213. The summed E-state index contributed by atoms with van der Waals surface area (Å²) in [7, 11) is 0.522. The van der Waals surface area contributed by atoms with Crippen molar-refractivity contribution < 1.29 is 26.5 Å². The van der Waals surface area contributed by atoms with Crippen molar-refractivity contribution >= 4 is 32.9 Å². The fraction of sp³-hybridized carbons (Fsp3) is 0.500. The van der Waals surface area contributed by atoms with E-state index < -0.39 is 21.8 Å². The van der Waals surface area contributed by atoms with E-state index in [1.807, 2.05) is 43.7 Å². The van der Waals surface area contributed by atoms with Crippen LogP contribution in [0.15, 0.2) is 36.7 Å². The summed E-state index contributed by atoms with van der Waals surface area (Å²) in [6.45, 7) is 13.4. The van der Waals surface area contributed by atoms with Gasteiger partial charge in [0.25, 0.3) is 10.1 Å². The van der Waals surface area contributed by atoms with Gasteiger partial charge in [-0.05, 0) is 78.9 Å².